The van der Waals surface area contributed by atoms with Gasteiger partial charge in [-0.1, -0.05) is 31.9 Å². The van der Waals surface area contributed by atoms with Crippen molar-refractivity contribution < 1.29 is 18.5 Å². The van der Waals surface area contributed by atoms with Crippen LogP contribution < -0.4 is 0 Å². The lowest BCUT2D eigenvalue weighted by molar-refractivity contribution is 0.176. The Morgan fingerprint density at radius 1 is 1.73 bits per heavy atom. The highest BCUT2D eigenvalue weighted by molar-refractivity contribution is 9.12. The van der Waals surface area contributed by atoms with E-state index in [0.29, 0.717) is 5.33 Å². The van der Waals surface area contributed by atoms with Crippen LogP contribution in [0.3, 0.4) is 0 Å². The Morgan fingerprint density at radius 2 is 2.27 bits per heavy atom. The molecule has 0 heterocycles. The Hall–Kier alpha value is 1.07. The molecular weight excluding hydrogens is 303 g/mol. The largest absolute Gasteiger partial charge is 0.471 e. The van der Waals surface area contributed by atoms with Crippen molar-refractivity contribution in [1.29, 1.82) is 0 Å². The van der Waals surface area contributed by atoms with E-state index in [4.69, 9.17) is 4.89 Å². The smallest absolute Gasteiger partial charge is 0.303 e. The first-order valence-corrected chi connectivity index (χ1v) is 6.28. The summed E-state index contributed by atoms with van der Waals surface area (Å²) in [6.07, 6.45) is 0. The minimum absolute atomic E-state index is 0.0122. The van der Waals surface area contributed by atoms with Gasteiger partial charge in [-0.05, 0) is 0 Å². The van der Waals surface area contributed by atoms with Crippen LogP contribution in [0.25, 0.3) is 0 Å². The summed E-state index contributed by atoms with van der Waals surface area (Å²) in [5.41, 5.74) is 0. The number of rotatable bonds is 5. The molecule has 0 saturated heterocycles. The third-order valence-electron chi connectivity index (χ3n) is 0.817. The fourth-order valence-corrected chi connectivity index (χ4v) is 1.27. The van der Waals surface area contributed by atoms with Gasteiger partial charge in [0.2, 0.25) is 0 Å². The lowest BCUT2D eigenvalue weighted by Crippen LogP contribution is -2.08. The molecular formula is C4H9Br2O4P. The molecule has 7 heteroatoms. The lowest BCUT2D eigenvalue weighted by atomic mass is 10.5. The van der Waals surface area contributed by atoms with Gasteiger partial charge in [0.25, 0.3) is 0 Å². The number of alkyl halides is 2. The molecule has 1 N–H and O–H groups in total. The SMILES string of the molecule is COP(=O)(O)OCC(Br)CBr. The number of halogens is 2. The Labute approximate surface area is 82.1 Å². The first-order chi connectivity index (χ1) is 5.02. The minimum Gasteiger partial charge on any atom is -0.303 e. The Bertz CT molecular complexity index is 153. The highest BCUT2D eigenvalue weighted by atomic mass is 79.9. The maximum atomic E-state index is 10.7. The lowest BCUT2D eigenvalue weighted by Gasteiger charge is -2.10. The average molecular weight is 312 g/mol. The van der Waals surface area contributed by atoms with Crippen LogP contribution in [-0.4, -0.2) is 28.8 Å². The van der Waals surface area contributed by atoms with Gasteiger partial charge >= 0.3 is 7.82 Å². The second-order valence-corrected chi connectivity index (χ2v) is 5.20. The normalized spacial score (nSPS) is 19.3. The van der Waals surface area contributed by atoms with Gasteiger partial charge in [0.1, 0.15) is 0 Å². The van der Waals surface area contributed by atoms with E-state index in [1.807, 2.05) is 0 Å². The molecule has 0 fully saturated rings. The van der Waals surface area contributed by atoms with Crippen molar-refractivity contribution in [3.63, 3.8) is 0 Å². The van der Waals surface area contributed by atoms with Crippen LogP contribution in [0.5, 0.6) is 0 Å². The summed E-state index contributed by atoms with van der Waals surface area (Å²) >= 11 is 6.36. The first kappa shape index (κ1) is 12.1. The van der Waals surface area contributed by atoms with E-state index in [2.05, 4.69) is 40.9 Å². The quantitative estimate of drug-likeness (QED) is 0.622. The Balaban J connectivity index is 3.61. The van der Waals surface area contributed by atoms with Crippen LogP contribution in [0.15, 0.2) is 0 Å². The van der Waals surface area contributed by atoms with Crippen molar-refractivity contribution in [2.45, 2.75) is 4.83 Å². The molecule has 4 nitrogen and oxygen atoms in total. The van der Waals surface area contributed by atoms with Gasteiger partial charge in [0.05, 0.1) is 6.61 Å². The summed E-state index contributed by atoms with van der Waals surface area (Å²) in [7, 11) is -2.67. The van der Waals surface area contributed by atoms with E-state index >= 15 is 0 Å². The highest BCUT2D eigenvalue weighted by Crippen LogP contribution is 2.42. The van der Waals surface area contributed by atoms with Gasteiger partial charge in [-0.3, -0.25) is 9.05 Å². The Kier molecular flexibility index (Phi) is 6.22. The zero-order chi connectivity index (χ0) is 8.91. The second-order valence-electron chi connectivity index (χ2n) is 1.70. The highest BCUT2D eigenvalue weighted by Gasteiger charge is 2.19. The maximum Gasteiger partial charge on any atom is 0.471 e. The first-order valence-electron chi connectivity index (χ1n) is 2.75. The zero-order valence-electron chi connectivity index (χ0n) is 5.87. The summed E-state index contributed by atoms with van der Waals surface area (Å²) in [6, 6.07) is 0. The number of phosphoric ester groups is 1. The molecule has 0 spiro atoms. The van der Waals surface area contributed by atoms with Crippen LogP contribution in [0.4, 0.5) is 0 Å². The standard InChI is InChI=1S/C4H9Br2O4P/c1-9-11(7,8)10-3-4(6)2-5/h4H,2-3H2,1H3,(H,7,8). The van der Waals surface area contributed by atoms with Gasteiger partial charge in [0.15, 0.2) is 0 Å². The minimum atomic E-state index is -3.79. The zero-order valence-corrected chi connectivity index (χ0v) is 9.93. The van der Waals surface area contributed by atoms with Gasteiger partial charge in [-0.2, -0.15) is 0 Å². The number of hydrogen-bond donors (Lipinski definition) is 1. The van der Waals surface area contributed by atoms with Gasteiger partial charge < -0.3 is 4.89 Å². The molecule has 0 radical (unpaired) electrons. The van der Waals surface area contributed by atoms with Crippen LogP contribution in [0.2, 0.25) is 0 Å². The van der Waals surface area contributed by atoms with E-state index < -0.39 is 7.82 Å². The van der Waals surface area contributed by atoms with E-state index in [-0.39, 0.29) is 11.4 Å². The molecule has 0 rings (SSSR count). The monoisotopic (exact) mass is 310 g/mol. The van der Waals surface area contributed by atoms with Crippen molar-refractivity contribution in [1.82, 2.24) is 0 Å². The van der Waals surface area contributed by atoms with Gasteiger partial charge in [0, 0.05) is 17.3 Å². The maximum absolute atomic E-state index is 10.7. The number of phosphoric acid groups is 1. The molecule has 2 unspecified atom stereocenters. The van der Waals surface area contributed by atoms with Crippen molar-refractivity contribution >= 4 is 39.7 Å². The van der Waals surface area contributed by atoms with Crippen LogP contribution in [0.1, 0.15) is 0 Å². The summed E-state index contributed by atoms with van der Waals surface area (Å²) in [6.45, 7) is 0.132. The van der Waals surface area contributed by atoms with E-state index in [0.717, 1.165) is 7.11 Å². The molecule has 68 valence electrons. The summed E-state index contributed by atoms with van der Waals surface area (Å²) in [5.74, 6) is 0. The van der Waals surface area contributed by atoms with Crippen molar-refractivity contribution in [3.05, 3.63) is 0 Å². The average Bonchev–Trinajstić information content (AvgIpc) is 2.00. The molecule has 0 saturated carbocycles. The summed E-state index contributed by atoms with van der Waals surface area (Å²) < 4.78 is 19.4. The predicted molar refractivity (Wildman–Crippen MR) is 49.3 cm³/mol. The molecule has 0 aliphatic rings. The van der Waals surface area contributed by atoms with Crippen molar-refractivity contribution in [2.75, 3.05) is 19.0 Å². The molecule has 0 aromatic rings. The summed E-state index contributed by atoms with van der Waals surface area (Å²) in [5, 5.41) is 0.650. The fraction of sp³-hybridized carbons (Fsp3) is 1.00. The molecule has 0 aliphatic heterocycles. The number of hydrogen-bond acceptors (Lipinski definition) is 3. The van der Waals surface area contributed by atoms with E-state index in [1.165, 1.54) is 0 Å². The van der Waals surface area contributed by atoms with E-state index in [1.54, 1.807) is 0 Å². The van der Waals surface area contributed by atoms with Crippen molar-refractivity contribution in [3.8, 4) is 0 Å². The molecule has 11 heavy (non-hydrogen) atoms. The van der Waals surface area contributed by atoms with Crippen molar-refractivity contribution in [2.24, 2.45) is 0 Å². The summed E-state index contributed by atoms with van der Waals surface area (Å²) in [4.78, 5) is 8.75. The fourth-order valence-electron chi connectivity index (χ4n) is 0.272. The molecule has 0 amide bonds. The third kappa shape index (κ3) is 6.25. The van der Waals surface area contributed by atoms with Crippen LogP contribution in [0, 0.1) is 0 Å². The molecule has 2 atom stereocenters. The molecule has 0 aliphatic carbocycles. The predicted octanol–water partition coefficient (Wildman–Crippen LogP) is 1.91. The van der Waals surface area contributed by atoms with Crippen LogP contribution >= 0.6 is 39.7 Å². The molecule has 0 aromatic heterocycles. The van der Waals surface area contributed by atoms with E-state index in [9.17, 15) is 4.57 Å². The van der Waals surface area contributed by atoms with Crippen LogP contribution in [-0.2, 0) is 13.6 Å². The van der Waals surface area contributed by atoms with Gasteiger partial charge in [-0.15, -0.1) is 0 Å². The van der Waals surface area contributed by atoms with Gasteiger partial charge in [-0.25, -0.2) is 4.57 Å². The topological polar surface area (TPSA) is 55.8 Å². The third-order valence-corrected chi connectivity index (χ3v) is 3.99. The Morgan fingerprint density at radius 3 is 2.64 bits per heavy atom. The molecule has 0 bridgehead atoms. The molecule has 0 aromatic carbocycles. The second kappa shape index (κ2) is 5.67.